The van der Waals surface area contributed by atoms with Gasteiger partial charge in [-0.05, 0) is 25.0 Å². The van der Waals surface area contributed by atoms with Crippen molar-refractivity contribution in [1.29, 1.82) is 0 Å². The summed E-state index contributed by atoms with van der Waals surface area (Å²) in [5, 5.41) is 2.89. The van der Waals surface area contributed by atoms with Crippen molar-refractivity contribution < 1.29 is 18.7 Å². The van der Waals surface area contributed by atoms with Crippen LogP contribution in [-0.4, -0.2) is 34.4 Å². The van der Waals surface area contributed by atoms with Crippen molar-refractivity contribution in [3.05, 3.63) is 58.7 Å². The van der Waals surface area contributed by atoms with Crippen LogP contribution < -0.4 is 9.47 Å². The van der Waals surface area contributed by atoms with Gasteiger partial charge in [-0.15, -0.1) is 11.3 Å². The average molecular weight is 385 g/mol. The molecule has 0 N–H and O–H groups in total. The van der Waals surface area contributed by atoms with Gasteiger partial charge in [-0.2, -0.15) is 0 Å². The number of amides is 1. The largest absolute Gasteiger partial charge is 0.497 e. The molecule has 0 radical (unpaired) electrons. The van der Waals surface area contributed by atoms with E-state index in [9.17, 15) is 4.79 Å². The second-order valence-electron chi connectivity index (χ2n) is 6.12. The predicted molar refractivity (Wildman–Crippen MR) is 99.0 cm³/mol. The molecule has 27 heavy (non-hydrogen) atoms. The van der Waals surface area contributed by atoms with Crippen LogP contribution in [-0.2, 0) is 6.61 Å². The number of methoxy groups -OCH3 is 1. The molecule has 0 saturated carbocycles. The number of thiazole rings is 1. The van der Waals surface area contributed by atoms with Gasteiger partial charge in [-0.3, -0.25) is 4.79 Å². The number of oxazole rings is 1. The van der Waals surface area contributed by atoms with E-state index in [1.807, 2.05) is 28.5 Å². The molecule has 1 aliphatic heterocycles. The lowest BCUT2D eigenvalue weighted by atomic mass is 10.2. The molecule has 0 aliphatic carbocycles. The molecule has 3 aromatic rings. The van der Waals surface area contributed by atoms with Gasteiger partial charge < -0.3 is 18.8 Å². The summed E-state index contributed by atoms with van der Waals surface area (Å²) >= 11 is 1.57. The Bertz CT molecular complexity index is 909. The van der Waals surface area contributed by atoms with Gasteiger partial charge in [0.15, 0.2) is 12.3 Å². The Morgan fingerprint density at radius 2 is 2.30 bits per heavy atom. The standard InChI is InChI=1S/C19H19N3O4S/c1-24-13-4-2-5-14(10-13)25-12-17-21-15(11-26-17)19(23)22-8-3-6-16(22)18-20-7-9-27-18/h2,4-5,7,9-11,16H,3,6,8,12H2,1H3/t16-/m0/s1. The number of hydrogen-bond acceptors (Lipinski definition) is 7. The minimum Gasteiger partial charge on any atom is -0.497 e. The minimum absolute atomic E-state index is 0.0192. The first-order chi connectivity index (χ1) is 13.2. The van der Waals surface area contributed by atoms with Crippen LogP contribution in [0.15, 0.2) is 46.5 Å². The van der Waals surface area contributed by atoms with E-state index >= 15 is 0 Å². The van der Waals surface area contributed by atoms with E-state index in [-0.39, 0.29) is 18.6 Å². The third-order valence-electron chi connectivity index (χ3n) is 4.42. The van der Waals surface area contributed by atoms with Crippen LogP contribution in [0.4, 0.5) is 0 Å². The van der Waals surface area contributed by atoms with E-state index < -0.39 is 0 Å². The summed E-state index contributed by atoms with van der Waals surface area (Å²) in [6, 6.07) is 7.29. The molecule has 3 heterocycles. The summed E-state index contributed by atoms with van der Waals surface area (Å²) in [5.74, 6) is 1.57. The van der Waals surface area contributed by atoms with Crippen LogP contribution in [0.3, 0.4) is 0 Å². The van der Waals surface area contributed by atoms with Crippen LogP contribution >= 0.6 is 11.3 Å². The molecular formula is C19H19N3O4S. The van der Waals surface area contributed by atoms with Crippen molar-refractivity contribution in [3.63, 3.8) is 0 Å². The molecule has 1 fully saturated rings. The van der Waals surface area contributed by atoms with E-state index in [1.165, 1.54) is 6.26 Å². The van der Waals surface area contributed by atoms with Crippen molar-refractivity contribution in [2.75, 3.05) is 13.7 Å². The SMILES string of the molecule is COc1cccc(OCc2nc(C(=O)N3CCC[C@H]3c3nccs3)co2)c1. The van der Waals surface area contributed by atoms with E-state index in [0.29, 0.717) is 29.6 Å². The second kappa shape index (κ2) is 7.79. The number of nitrogens with zero attached hydrogens (tertiary/aromatic N) is 3. The molecule has 8 heteroatoms. The molecule has 7 nitrogen and oxygen atoms in total. The number of carbonyl (C=O) groups excluding carboxylic acids is 1. The van der Waals surface area contributed by atoms with Crippen molar-refractivity contribution in [3.8, 4) is 11.5 Å². The maximum atomic E-state index is 12.8. The molecule has 1 aromatic carbocycles. The fourth-order valence-corrected chi connectivity index (χ4v) is 3.91. The number of aromatic nitrogens is 2. The number of likely N-dealkylation sites (tertiary alicyclic amines) is 1. The monoisotopic (exact) mass is 385 g/mol. The summed E-state index contributed by atoms with van der Waals surface area (Å²) in [4.78, 5) is 23.3. The first kappa shape index (κ1) is 17.5. The Kier molecular flexibility index (Phi) is 5.06. The van der Waals surface area contributed by atoms with Crippen molar-refractivity contribution in [2.24, 2.45) is 0 Å². The van der Waals surface area contributed by atoms with E-state index in [1.54, 1.807) is 30.7 Å². The summed E-state index contributed by atoms with van der Waals surface area (Å²) in [5.41, 5.74) is 0.294. The molecule has 1 amide bonds. The van der Waals surface area contributed by atoms with E-state index in [0.717, 1.165) is 17.8 Å². The highest BCUT2D eigenvalue weighted by atomic mass is 32.1. The molecule has 4 rings (SSSR count). The van der Waals surface area contributed by atoms with Crippen molar-refractivity contribution in [1.82, 2.24) is 14.9 Å². The molecule has 1 aliphatic rings. The number of benzene rings is 1. The zero-order chi connectivity index (χ0) is 18.6. The van der Waals surface area contributed by atoms with Crippen LogP contribution in [0.25, 0.3) is 0 Å². The third kappa shape index (κ3) is 3.80. The number of carbonyl (C=O) groups is 1. The molecule has 0 spiro atoms. The number of ether oxygens (including phenoxy) is 2. The highest BCUT2D eigenvalue weighted by molar-refractivity contribution is 7.09. The minimum atomic E-state index is -0.135. The molecule has 2 aromatic heterocycles. The Morgan fingerprint density at radius 3 is 3.11 bits per heavy atom. The molecule has 140 valence electrons. The summed E-state index contributed by atoms with van der Waals surface area (Å²) < 4.78 is 16.3. The van der Waals surface area contributed by atoms with Gasteiger partial charge in [0.25, 0.3) is 5.91 Å². The molecular weight excluding hydrogens is 366 g/mol. The number of rotatable bonds is 6. The zero-order valence-electron chi connectivity index (χ0n) is 14.8. The maximum Gasteiger partial charge on any atom is 0.276 e. The van der Waals surface area contributed by atoms with E-state index in [2.05, 4.69) is 9.97 Å². The third-order valence-corrected chi connectivity index (χ3v) is 5.30. The zero-order valence-corrected chi connectivity index (χ0v) is 15.6. The Morgan fingerprint density at radius 1 is 1.41 bits per heavy atom. The second-order valence-corrected chi connectivity index (χ2v) is 7.05. The molecule has 1 saturated heterocycles. The fourth-order valence-electron chi connectivity index (χ4n) is 3.12. The summed E-state index contributed by atoms with van der Waals surface area (Å²) in [6.07, 6.45) is 5.04. The topological polar surface area (TPSA) is 77.7 Å². The van der Waals surface area contributed by atoms with Crippen LogP contribution in [0.1, 0.15) is 40.3 Å². The lowest BCUT2D eigenvalue weighted by molar-refractivity contribution is 0.0729. The van der Waals surface area contributed by atoms with Crippen LogP contribution in [0.5, 0.6) is 11.5 Å². The normalized spacial score (nSPS) is 16.5. The first-order valence-corrected chi connectivity index (χ1v) is 9.54. The maximum absolute atomic E-state index is 12.8. The summed E-state index contributed by atoms with van der Waals surface area (Å²) in [7, 11) is 1.60. The lowest BCUT2D eigenvalue weighted by Crippen LogP contribution is -2.30. The van der Waals surface area contributed by atoms with Gasteiger partial charge in [0.05, 0.1) is 13.2 Å². The van der Waals surface area contributed by atoms with Crippen LogP contribution in [0.2, 0.25) is 0 Å². The van der Waals surface area contributed by atoms with Gasteiger partial charge in [0, 0.05) is 24.2 Å². The predicted octanol–water partition coefficient (Wildman–Crippen LogP) is 3.70. The van der Waals surface area contributed by atoms with Gasteiger partial charge in [-0.1, -0.05) is 6.07 Å². The Hall–Kier alpha value is -2.87. The summed E-state index contributed by atoms with van der Waals surface area (Å²) in [6.45, 7) is 0.835. The van der Waals surface area contributed by atoms with Gasteiger partial charge in [0.1, 0.15) is 22.8 Å². The van der Waals surface area contributed by atoms with Crippen LogP contribution in [0, 0.1) is 0 Å². The Balaban J connectivity index is 1.42. The first-order valence-electron chi connectivity index (χ1n) is 8.66. The average Bonchev–Trinajstić information content (AvgIpc) is 3.46. The van der Waals surface area contributed by atoms with Gasteiger partial charge >= 0.3 is 0 Å². The number of hydrogen-bond donors (Lipinski definition) is 0. The van der Waals surface area contributed by atoms with Gasteiger partial charge in [0.2, 0.25) is 5.89 Å². The Labute approximate surface area is 160 Å². The fraction of sp³-hybridized carbons (Fsp3) is 0.316. The molecule has 0 unspecified atom stereocenters. The quantitative estimate of drug-likeness (QED) is 0.644. The lowest BCUT2D eigenvalue weighted by Gasteiger charge is -2.21. The van der Waals surface area contributed by atoms with Crippen molar-refractivity contribution >= 4 is 17.2 Å². The molecule has 0 bridgehead atoms. The van der Waals surface area contributed by atoms with Gasteiger partial charge in [-0.25, -0.2) is 9.97 Å². The highest BCUT2D eigenvalue weighted by Gasteiger charge is 2.33. The van der Waals surface area contributed by atoms with E-state index in [4.69, 9.17) is 13.9 Å². The van der Waals surface area contributed by atoms with Crippen molar-refractivity contribution in [2.45, 2.75) is 25.5 Å². The molecule has 1 atom stereocenters. The smallest absolute Gasteiger partial charge is 0.276 e. The highest BCUT2D eigenvalue weighted by Crippen LogP contribution is 2.34.